The Morgan fingerprint density at radius 3 is 1.21 bits per heavy atom. The lowest BCUT2D eigenvalue weighted by Gasteiger charge is -2.18. The van der Waals surface area contributed by atoms with Gasteiger partial charge in [-0.25, -0.2) is 0 Å². The van der Waals surface area contributed by atoms with E-state index in [9.17, 15) is 14.4 Å². The van der Waals surface area contributed by atoms with Gasteiger partial charge < -0.3 is 14.2 Å². The van der Waals surface area contributed by atoms with E-state index >= 15 is 0 Å². The maximum atomic E-state index is 12.7. The average Bonchev–Trinajstić information content (AvgIpc) is 3.26. The molecule has 0 saturated heterocycles. The van der Waals surface area contributed by atoms with Crippen LogP contribution in [0.4, 0.5) is 0 Å². The van der Waals surface area contributed by atoms with E-state index in [0.717, 1.165) is 109 Å². The van der Waals surface area contributed by atoms with Gasteiger partial charge in [-0.05, 0) is 103 Å². The van der Waals surface area contributed by atoms with Crippen molar-refractivity contribution >= 4 is 17.9 Å². The van der Waals surface area contributed by atoms with E-state index in [-0.39, 0.29) is 50.4 Å². The van der Waals surface area contributed by atoms with Gasteiger partial charge in [0.1, 0.15) is 13.2 Å². The summed E-state index contributed by atoms with van der Waals surface area (Å²) in [5.74, 6) is -1.10. The van der Waals surface area contributed by atoms with Gasteiger partial charge in [0.25, 0.3) is 0 Å². The van der Waals surface area contributed by atoms with Crippen molar-refractivity contribution in [3.63, 3.8) is 0 Å². The van der Waals surface area contributed by atoms with Gasteiger partial charge in [0.2, 0.25) is 0 Å². The molecule has 0 aromatic heterocycles. The van der Waals surface area contributed by atoms with Crippen molar-refractivity contribution in [2.75, 3.05) is 13.2 Å². The van der Waals surface area contributed by atoms with Crippen molar-refractivity contribution in [3.05, 3.63) is 146 Å². The van der Waals surface area contributed by atoms with Crippen molar-refractivity contribution < 1.29 is 28.6 Å². The molecule has 0 heterocycles. The zero-order valence-corrected chi connectivity index (χ0v) is 38.4. The van der Waals surface area contributed by atoms with E-state index in [1.165, 1.54) is 0 Å². The summed E-state index contributed by atoms with van der Waals surface area (Å²) in [6.07, 6.45) is 68.4. The first-order valence-corrected chi connectivity index (χ1v) is 23.4. The molecule has 6 nitrogen and oxygen atoms in total. The highest BCUT2D eigenvalue weighted by atomic mass is 16.6. The fourth-order valence-corrected chi connectivity index (χ4v) is 5.51. The van der Waals surface area contributed by atoms with Gasteiger partial charge in [-0.3, -0.25) is 14.4 Å². The molecule has 0 N–H and O–H groups in total. The lowest BCUT2D eigenvalue weighted by Crippen LogP contribution is -2.30. The fraction of sp³-hybridized carbons (Fsp3) is 0.509. The van der Waals surface area contributed by atoms with Crippen LogP contribution < -0.4 is 0 Å². The first-order valence-electron chi connectivity index (χ1n) is 23.4. The molecule has 6 heteroatoms. The summed E-state index contributed by atoms with van der Waals surface area (Å²) in [5.41, 5.74) is 0. The number of carbonyl (C=O) groups excluding carboxylic acids is 3. The smallest absolute Gasteiger partial charge is 0.306 e. The number of hydrogen-bond acceptors (Lipinski definition) is 6. The first-order chi connectivity index (χ1) is 30.0. The van der Waals surface area contributed by atoms with Gasteiger partial charge in [0, 0.05) is 19.3 Å². The second-order valence-corrected chi connectivity index (χ2v) is 14.6. The molecule has 0 aliphatic carbocycles. The van der Waals surface area contributed by atoms with Gasteiger partial charge in [-0.15, -0.1) is 0 Å². The average molecular weight is 839 g/mol. The van der Waals surface area contributed by atoms with Crippen LogP contribution in [-0.4, -0.2) is 37.2 Å². The Morgan fingerprint density at radius 1 is 0.344 bits per heavy atom. The third kappa shape index (κ3) is 46.2. The largest absolute Gasteiger partial charge is 0.462 e. The van der Waals surface area contributed by atoms with Crippen LogP contribution in [0.3, 0.4) is 0 Å². The topological polar surface area (TPSA) is 78.9 Å². The Bertz CT molecular complexity index is 1430. The minimum atomic E-state index is -0.841. The molecule has 0 aromatic carbocycles. The molecule has 61 heavy (non-hydrogen) atoms. The van der Waals surface area contributed by atoms with E-state index in [4.69, 9.17) is 14.2 Å². The fourth-order valence-electron chi connectivity index (χ4n) is 5.51. The Hall–Kier alpha value is -4.71. The van der Waals surface area contributed by atoms with Crippen molar-refractivity contribution in [3.8, 4) is 0 Å². The van der Waals surface area contributed by atoms with Gasteiger partial charge in [-0.2, -0.15) is 0 Å². The molecule has 0 amide bonds. The number of allylic oxidation sites excluding steroid dienone is 24. The number of ether oxygens (including phenoxy) is 3. The van der Waals surface area contributed by atoms with Crippen molar-refractivity contribution in [1.29, 1.82) is 0 Å². The van der Waals surface area contributed by atoms with Crippen molar-refractivity contribution in [2.24, 2.45) is 0 Å². The third-order valence-electron chi connectivity index (χ3n) is 8.93. The third-order valence-corrected chi connectivity index (χ3v) is 8.93. The van der Waals surface area contributed by atoms with Crippen LogP contribution in [0, 0.1) is 0 Å². The van der Waals surface area contributed by atoms with Crippen LogP contribution in [0.1, 0.15) is 162 Å². The lowest BCUT2D eigenvalue weighted by molar-refractivity contribution is -0.166. The molecule has 338 valence electrons. The highest BCUT2D eigenvalue weighted by molar-refractivity contribution is 5.71. The molecule has 0 saturated carbocycles. The Labute approximate surface area is 372 Å². The quantitative estimate of drug-likeness (QED) is 0.0202. The Balaban J connectivity index is 4.64. The number of rotatable bonds is 39. The normalized spacial score (nSPS) is 13.4. The minimum Gasteiger partial charge on any atom is -0.462 e. The highest BCUT2D eigenvalue weighted by Gasteiger charge is 2.19. The van der Waals surface area contributed by atoms with Crippen LogP contribution in [0.25, 0.3) is 0 Å². The molecule has 0 spiro atoms. The molecule has 1 atom stereocenters. The zero-order valence-electron chi connectivity index (χ0n) is 38.4. The Morgan fingerprint density at radius 2 is 0.705 bits per heavy atom. The molecule has 0 aromatic rings. The van der Waals surface area contributed by atoms with Crippen LogP contribution in [-0.2, 0) is 28.6 Å². The second kappa shape index (κ2) is 48.0. The van der Waals surface area contributed by atoms with Gasteiger partial charge in [-0.1, -0.05) is 186 Å². The van der Waals surface area contributed by atoms with Gasteiger partial charge in [0.05, 0.1) is 0 Å². The highest BCUT2D eigenvalue weighted by Crippen LogP contribution is 2.10. The maximum Gasteiger partial charge on any atom is 0.306 e. The molecule has 0 aliphatic heterocycles. The van der Waals surface area contributed by atoms with E-state index in [1.54, 1.807) is 0 Å². The van der Waals surface area contributed by atoms with Crippen molar-refractivity contribution in [2.45, 2.75) is 168 Å². The van der Waals surface area contributed by atoms with Crippen molar-refractivity contribution in [1.82, 2.24) is 0 Å². The van der Waals surface area contributed by atoms with Gasteiger partial charge >= 0.3 is 17.9 Å². The molecule has 0 bridgehead atoms. The van der Waals surface area contributed by atoms with Crippen LogP contribution in [0.2, 0.25) is 0 Å². The summed E-state index contributed by atoms with van der Waals surface area (Å²) in [5, 5.41) is 0. The predicted octanol–water partition coefficient (Wildman–Crippen LogP) is 15.3. The zero-order chi connectivity index (χ0) is 44.4. The van der Waals surface area contributed by atoms with E-state index < -0.39 is 6.10 Å². The predicted molar refractivity (Wildman–Crippen MR) is 260 cm³/mol. The standard InChI is InChI=1S/C55H82O6/c1-4-7-10-13-16-19-22-25-27-28-31-33-36-39-42-45-48-54(57)60-51-52(50-59-53(56)47-44-41-38-35-32-29-24-21-18-15-12-9-6-3)61-55(58)49-46-43-40-37-34-30-26-23-20-17-14-11-8-5-2/h7-12,15-21,24-27,29-33,39,42,52H,4-6,13-14,22-23,28,34-38,40-41,43-51H2,1-3H3/b10-7-,11-8-,12-9-,18-15-,19-16-,20-17-,24-21-,27-25-,30-26-,32-29-,33-31-,42-39-. The molecule has 0 fully saturated rings. The van der Waals surface area contributed by atoms with Crippen LogP contribution in [0.5, 0.6) is 0 Å². The summed E-state index contributed by atoms with van der Waals surface area (Å²) in [6.45, 7) is 6.10. The second-order valence-electron chi connectivity index (χ2n) is 14.6. The van der Waals surface area contributed by atoms with Gasteiger partial charge in [0.15, 0.2) is 6.10 Å². The summed E-state index contributed by atoms with van der Waals surface area (Å²) in [7, 11) is 0. The SMILES string of the molecule is CC\C=C/C=C\C=C/C=C\CCCCCC(=O)OCC(COC(=O)CC/C=C\C/C=C\C/C=C\C/C=C\C/C=C\CC)OC(=O)CCCCCC/C=C\C/C=C\C/C=C\CC. The summed E-state index contributed by atoms with van der Waals surface area (Å²) in [4.78, 5) is 37.8. The van der Waals surface area contributed by atoms with E-state index in [0.29, 0.717) is 12.8 Å². The minimum absolute atomic E-state index is 0.138. The van der Waals surface area contributed by atoms with E-state index in [1.807, 2.05) is 48.6 Å². The molecular weight excluding hydrogens is 757 g/mol. The van der Waals surface area contributed by atoms with Crippen LogP contribution >= 0.6 is 0 Å². The molecule has 0 radical (unpaired) electrons. The molecular formula is C55H82O6. The summed E-state index contributed by atoms with van der Waals surface area (Å²) in [6, 6.07) is 0. The number of carbonyl (C=O) groups is 3. The first kappa shape index (κ1) is 56.3. The van der Waals surface area contributed by atoms with Crippen LogP contribution in [0.15, 0.2) is 146 Å². The monoisotopic (exact) mass is 839 g/mol. The maximum absolute atomic E-state index is 12.7. The number of unbranched alkanes of at least 4 members (excludes halogenated alkanes) is 7. The lowest BCUT2D eigenvalue weighted by atomic mass is 10.1. The molecule has 0 rings (SSSR count). The number of esters is 3. The Kier molecular flexibility index (Phi) is 44.3. The molecule has 1 unspecified atom stereocenters. The summed E-state index contributed by atoms with van der Waals surface area (Å²) < 4.78 is 16.6. The van der Waals surface area contributed by atoms with E-state index in [2.05, 4.69) is 118 Å². The summed E-state index contributed by atoms with van der Waals surface area (Å²) >= 11 is 0. The number of hydrogen-bond donors (Lipinski definition) is 0. The molecule has 0 aliphatic rings.